The monoisotopic (exact) mass is 415 g/mol. The summed E-state index contributed by atoms with van der Waals surface area (Å²) in [5, 5.41) is 11.3. The maximum Gasteiger partial charge on any atom is 0.321 e. The number of hydrogen-bond acceptors (Lipinski definition) is 3. The van der Waals surface area contributed by atoms with E-state index in [2.05, 4.69) is 65.6 Å². The highest BCUT2D eigenvalue weighted by atomic mass is 16.2. The Bertz CT molecular complexity index is 1070. The molecule has 160 valence electrons. The number of carbonyl (C=O) groups is 1. The van der Waals surface area contributed by atoms with Gasteiger partial charge in [-0.15, -0.1) is 0 Å². The molecule has 0 bridgehead atoms. The van der Waals surface area contributed by atoms with Gasteiger partial charge in [0, 0.05) is 42.6 Å². The lowest BCUT2D eigenvalue weighted by Crippen LogP contribution is -2.33. The van der Waals surface area contributed by atoms with E-state index >= 15 is 0 Å². The lowest BCUT2D eigenvalue weighted by molar-refractivity contribution is 0.252. The number of aromatic nitrogens is 2. The van der Waals surface area contributed by atoms with Crippen molar-refractivity contribution in [3.05, 3.63) is 77.6 Å². The summed E-state index contributed by atoms with van der Waals surface area (Å²) in [6, 6.07) is 18.9. The minimum absolute atomic E-state index is 0.0155. The summed E-state index contributed by atoms with van der Waals surface area (Å²) in [7, 11) is 0. The molecule has 1 atom stereocenters. The smallest absolute Gasteiger partial charge is 0.321 e. The molecule has 2 N–H and O–H groups in total. The number of para-hydroxylation sites is 1. The molecular formula is C25H29N5O. The van der Waals surface area contributed by atoms with Crippen LogP contribution in [0.5, 0.6) is 0 Å². The van der Waals surface area contributed by atoms with Crippen molar-refractivity contribution in [3.63, 3.8) is 0 Å². The SMILES string of the molecule is CC1(C)Cc2c(cnn2-c2ccccc2)C(NCc2ccc(N3CCNC3=O)cc2)C1. The van der Waals surface area contributed by atoms with Gasteiger partial charge in [0.1, 0.15) is 0 Å². The van der Waals surface area contributed by atoms with E-state index in [4.69, 9.17) is 5.10 Å². The van der Waals surface area contributed by atoms with Crippen molar-refractivity contribution in [3.8, 4) is 5.69 Å². The minimum atomic E-state index is -0.0155. The maximum absolute atomic E-state index is 11.9. The zero-order chi connectivity index (χ0) is 21.4. The van der Waals surface area contributed by atoms with Gasteiger partial charge in [-0.3, -0.25) is 4.90 Å². The molecule has 5 rings (SSSR count). The van der Waals surface area contributed by atoms with Crippen molar-refractivity contribution in [1.29, 1.82) is 0 Å². The Hall–Kier alpha value is -3.12. The number of benzene rings is 2. The molecule has 1 saturated heterocycles. The first-order valence-electron chi connectivity index (χ1n) is 11.0. The largest absolute Gasteiger partial charge is 0.336 e. The predicted octanol–water partition coefficient (Wildman–Crippen LogP) is 4.21. The van der Waals surface area contributed by atoms with Crippen molar-refractivity contribution in [2.24, 2.45) is 5.41 Å². The summed E-state index contributed by atoms with van der Waals surface area (Å²) in [4.78, 5) is 13.7. The first kappa shape index (κ1) is 19.8. The molecule has 1 aliphatic heterocycles. The van der Waals surface area contributed by atoms with Gasteiger partial charge in [-0.25, -0.2) is 9.48 Å². The molecular weight excluding hydrogens is 386 g/mol. The third-order valence-corrected chi connectivity index (χ3v) is 6.34. The molecule has 1 aliphatic carbocycles. The van der Waals surface area contributed by atoms with E-state index in [9.17, 15) is 4.79 Å². The summed E-state index contributed by atoms with van der Waals surface area (Å²) in [5.41, 5.74) is 6.07. The molecule has 2 aliphatic rings. The molecule has 0 spiro atoms. The van der Waals surface area contributed by atoms with Gasteiger partial charge in [0.2, 0.25) is 0 Å². The van der Waals surface area contributed by atoms with Crippen molar-refractivity contribution in [2.75, 3.05) is 18.0 Å². The zero-order valence-electron chi connectivity index (χ0n) is 18.1. The second-order valence-electron chi connectivity index (χ2n) is 9.32. The molecule has 1 unspecified atom stereocenters. The number of fused-ring (bicyclic) bond motifs is 1. The highest BCUT2D eigenvalue weighted by molar-refractivity contribution is 5.93. The second-order valence-corrected chi connectivity index (χ2v) is 9.32. The number of rotatable bonds is 5. The van der Waals surface area contributed by atoms with Crippen molar-refractivity contribution in [1.82, 2.24) is 20.4 Å². The van der Waals surface area contributed by atoms with Gasteiger partial charge in [-0.05, 0) is 48.1 Å². The summed E-state index contributed by atoms with van der Waals surface area (Å²) >= 11 is 0. The maximum atomic E-state index is 11.9. The van der Waals surface area contributed by atoms with Crippen LogP contribution in [-0.2, 0) is 13.0 Å². The van der Waals surface area contributed by atoms with Crippen molar-refractivity contribution >= 4 is 11.7 Å². The molecule has 6 nitrogen and oxygen atoms in total. The first-order chi connectivity index (χ1) is 15.0. The minimum Gasteiger partial charge on any atom is -0.336 e. The Kier molecular flexibility index (Phi) is 5.02. The molecule has 0 radical (unpaired) electrons. The summed E-state index contributed by atoms with van der Waals surface area (Å²) in [6.07, 6.45) is 4.12. The Labute approximate surface area is 183 Å². The Morgan fingerprint density at radius 1 is 1.10 bits per heavy atom. The third-order valence-electron chi connectivity index (χ3n) is 6.34. The van der Waals surface area contributed by atoms with E-state index in [1.54, 1.807) is 4.90 Å². The van der Waals surface area contributed by atoms with Crippen LogP contribution < -0.4 is 15.5 Å². The fourth-order valence-electron chi connectivity index (χ4n) is 4.77. The fraction of sp³-hybridized carbons (Fsp3) is 0.360. The average Bonchev–Trinajstić information content (AvgIpc) is 3.38. The summed E-state index contributed by atoms with van der Waals surface area (Å²) in [5.74, 6) is 0. The van der Waals surface area contributed by atoms with Crippen molar-refractivity contribution in [2.45, 2.75) is 39.3 Å². The topological polar surface area (TPSA) is 62.2 Å². The predicted molar refractivity (Wildman–Crippen MR) is 122 cm³/mol. The van der Waals surface area contributed by atoms with E-state index in [1.165, 1.54) is 16.8 Å². The average molecular weight is 416 g/mol. The molecule has 0 saturated carbocycles. The second kappa shape index (κ2) is 7.85. The van der Waals surface area contributed by atoms with Crippen LogP contribution in [0.4, 0.5) is 10.5 Å². The zero-order valence-corrected chi connectivity index (χ0v) is 18.1. The van der Waals surface area contributed by atoms with Gasteiger partial charge in [0.25, 0.3) is 0 Å². The van der Waals surface area contributed by atoms with Crippen LogP contribution in [-0.4, -0.2) is 28.9 Å². The Morgan fingerprint density at radius 3 is 2.58 bits per heavy atom. The third kappa shape index (κ3) is 3.95. The quantitative estimate of drug-likeness (QED) is 0.656. The molecule has 31 heavy (non-hydrogen) atoms. The van der Waals surface area contributed by atoms with Crippen molar-refractivity contribution < 1.29 is 4.79 Å². The van der Waals surface area contributed by atoms with E-state index in [1.807, 2.05) is 24.4 Å². The van der Waals surface area contributed by atoms with Crippen LogP contribution in [0.3, 0.4) is 0 Å². The molecule has 6 heteroatoms. The van der Waals surface area contributed by atoms with Gasteiger partial charge in [-0.2, -0.15) is 5.10 Å². The normalized spacial score (nSPS) is 19.9. The van der Waals surface area contributed by atoms with Gasteiger partial charge in [0.05, 0.1) is 11.9 Å². The van der Waals surface area contributed by atoms with E-state index in [0.29, 0.717) is 6.54 Å². The van der Waals surface area contributed by atoms with E-state index in [0.717, 1.165) is 37.3 Å². The van der Waals surface area contributed by atoms with Crippen LogP contribution in [0.2, 0.25) is 0 Å². The summed E-state index contributed by atoms with van der Waals surface area (Å²) < 4.78 is 2.10. The standard InChI is InChI=1S/C25H29N5O/c1-25(2)14-22(21-17-28-30(23(21)15-25)20-6-4-3-5-7-20)27-16-18-8-10-19(11-9-18)29-13-12-26-24(29)31/h3-11,17,22,27H,12-16H2,1-2H3,(H,26,31). The molecule has 3 aromatic rings. The van der Waals surface area contributed by atoms with Crippen LogP contribution >= 0.6 is 0 Å². The van der Waals surface area contributed by atoms with Gasteiger partial charge < -0.3 is 10.6 Å². The molecule has 1 aromatic heterocycles. The van der Waals surface area contributed by atoms with E-state index in [-0.39, 0.29) is 17.5 Å². The Morgan fingerprint density at radius 2 is 1.87 bits per heavy atom. The van der Waals surface area contributed by atoms with Crippen LogP contribution in [0.15, 0.2) is 60.8 Å². The molecule has 2 aromatic carbocycles. The van der Waals surface area contributed by atoms with Gasteiger partial charge >= 0.3 is 6.03 Å². The van der Waals surface area contributed by atoms with Gasteiger partial charge in [-0.1, -0.05) is 44.2 Å². The number of hydrogen-bond donors (Lipinski definition) is 2. The first-order valence-corrected chi connectivity index (χ1v) is 11.0. The lowest BCUT2D eigenvalue weighted by Gasteiger charge is -2.36. The Balaban J connectivity index is 1.33. The highest BCUT2D eigenvalue weighted by Crippen LogP contribution is 2.41. The molecule has 2 heterocycles. The summed E-state index contributed by atoms with van der Waals surface area (Å²) in [6.45, 7) is 6.88. The number of amides is 2. The van der Waals surface area contributed by atoms with Gasteiger partial charge in [0.15, 0.2) is 0 Å². The molecule has 2 amide bonds. The number of nitrogens with one attached hydrogen (secondary N) is 2. The number of urea groups is 1. The molecule has 1 fully saturated rings. The van der Waals surface area contributed by atoms with Crippen LogP contribution in [0.25, 0.3) is 5.69 Å². The van der Waals surface area contributed by atoms with E-state index < -0.39 is 0 Å². The van der Waals surface area contributed by atoms with Crippen LogP contribution in [0.1, 0.15) is 43.1 Å². The number of nitrogens with zero attached hydrogens (tertiary/aromatic N) is 3. The highest BCUT2D eigenvalue weighted by Gasteiger charge is 2.35. The number of carbonyl (C=O) groups excluding carboxylic acids is 1. The van der Waals surface area contributed by atoms with Crippen LogP contribution in [0, 0.1) is 5.41 Å². The lowest BCUT2D eigenvalue weighted by atomic mass is 9.74. The fourth-order valence-corrected chi connectivity index (χ4v) is 4.77. The number of anilines is 1.